The van der Waals surface area contributed by atoms with Gasteiger partial charge in [0.25, 0.3) is 5.91 Å². The van der Waals surface area contributed by atoms with Crippen molar-refractivity contribution in [3.8, 4) is 11.5 Å². The zero-order chi connectivity index (χ0) is 36.6. The van der Waals surface area contributed by atoms with Crippen molar-refractivity contribution >= 4 is 108 Å². The van der Waals surface area contributed by atoms with Gasteiger partial charge in [-0.3, -0.25) is 4.79 Å². The van der Waals surface area contributed by atoms with E-state index < -0.39 is 5.97 Å². The average molecular weight is 1180 g/mol. The van der Waals surface area contributed by atoms with Crippen LogP contribution in [-0.4, -0.2) is 120 Å². The van der Waals surface area contributed by atoms with Crippen LogP contribution < -0.4 is 45.2 Å². The van der Waals surface area contributed by atoms with Crippen LogP contribution in [0.4, 0.5) is 11.4 Å². The number of hydrogen-bond donors (Lipinski definition) is 5. The number of amides is 1. The SMILES string of the molecule is CO[C@H]1CN(C)CC[C@H]1N.COc1cc(N)c(Cl)cc1C(=O)N[C@@H]1CCN(C)C[C@@H]1OC.COc1cc(N)c(Cl)cc1C(=O)O.I.I[I-]I. The third kappa shape index (κ3) is 16.6. The summed E-state index contributed by atoms with van der Waals surface area (Å²) >= 11 is 17.0. The van der Waals surface area contributed by atoms with E-state index in [9.17, 15) is 9.59 Å². The molecular weight excluding hydrogens is 1130 g/mol. The number of ether oxygens (including phenoxy) is 4. The molecule has 2 aliphatic heterocycles. The summed E-state index contributed by atoms with van der Waals surface area (Å²) in [7, 11) is 10.4. The van der Waals surface area contributed by atoms with Crippen molar-refractivity contribution in [2.45, 2.75) is 37.1 Å². The maximum absolute atomic E-state index is 12.5. The molecule has 2 saturated heterocycles. The molecule has 0 radical (unpaired) electrons. The number of rotatable bonds is 7. The Hall–Kier alpha value is -0.120. The van der Waals surface area contributed by atoms with Gasteiger partial charge in [-0.1, -0.05) is 23.2 Å². The van der Waals surface area contributed by atoms with Crippen LogP contribution in [-0.2, 0) is 9.47 Å². The Labute approximate surface area is 345 Å². The molecule has 2 aliphatic rings. The van der Waals surface area contributed by atoms with E-state index in [1.165, 1.54) is 32.4 Å². The number of piperidine rings is 2. The summed E-state index contributed by atoms with van der Waals surface area (Å²) in [4.78, 5) is 27.6. The number of methoxy groups -OCH3 is 4. The average Bonchev–Trinajstić information content (AvgIpc) is 3.05. The van der Waals surface area contributed by atoms with Crippen molar-refractivity contribution < 1.29 is 46.9 Å². The topological polar surface area (TPSA) is 188 Å². The van der Waals surface area contributed by atoms with Crippen LogP contribution in [0.5, 0.6) is 11.5 Å². The van der Waals surface area contributed by atoms with Gasteiger partial charge in [0.15, 0.2) is 0 Å². The molecule has 19 heteroatoms. The van der Waals surface area contributed by atoms with Gasteiger partial charge in [0, 0.05) is 45.5 Å². The molecule has 0 unspecified atom stereocenters. The first kappa shape index (κ1) is 48.9. The Morgan fingerprint density at radius 3 is 1.71 bits per heavy atom. The first-order valence-corrected chi connectivity index (χ1v) is 27.9. The van der Waals surface area contributed by atoms with E-state index in [-0.39, 0.29) is 70.5 Å². The number of hydrogen-bond acceptors (Lipinski definition) is 11. The molecule has 2 aromatic carbocycles. The number of carboxylic acid groups (broad SMARTS) is 1. The summed E-state index contributed by atoms with van der Waals surface area (Å²) in [5, 5.41) is 12.3. The fourth-order valence-corrected chi connectivity index (χ4v) is 5.21. The number of carbonyl (C=O) groups is 2. The van der Waals surface area contributed by atoms with Gasteiger partial charge in [0.05, 0.1) is 59.5 Å². The fourth-order valence-electron chi connectivity index (χ4n) is 4.88. The zero-order valence-electron chi connectivity index (χ0n) is 28.2. The predicted molar refractivity (Wildman–Crippen MR) is 220 cm³/mol. The predicted octanol–water partition coefficient (Wildman–Crippen LogP) is 2.07. The fraction of sp³-hybridized carbons (Fsp3) is 0.533. The molecule has 0 aliphatic carbocycles. The van der Waals surface area contributed by atoms with Gasteiger partial charge in [0.2, 0.25) is 0 Å². The number of aromatic carboxylic acids is 1. The van der Waals surface area contributed by atoms with E-state index in [1.807, 2.05) is 7.05 Å². The number of halogens is 6. The number of benzene rings is 2. The number of likely N-dealkylation sites (N-methyl/N-ethyl adjacent to an activating group) is 2. The zero-order valence-corrected chi connectivity index (χ0v) is 38.5. The second kappa shape index (κ2) is 25.8. The quantitative estimate of drug-likeness (QED) is 0.201. The van der Waals surface area contributed by atoms with Crippen LogP contribution in [0.2, 0.25) is 10.0 Å². The van der Waals surface area contributed by atoms with Gasteiger partial charge < -0.3 is 56.4 Å². The second-order valence-corrected chi connectivity index (χ2v) is 28.0. The minimum absolute atomic E-state index is 0. The van der Waals surface area contributed by atoms with Crippen LogP contribution in [0, 0.1) is 0 Å². The van der Waals surface area contributed by atoms with Gasteiger partial charge in [-0.05, 0) is 52.2 Å². The van der Waals surface area contributed by atoms with Gasteiger partial charge in [-0.25, -0.2) is 4.79 Å². The third-order valence-electron chi connectivity index (χ3n) is 7.61. The first-order chi connectivity index (χ1) is 22.7. The number of nitrogens with two attached hydrogens (primary N) is 3. The van der Waals surface area contributed by atoms with Crippen molar-refractivity contribution in [2.24, 2.45) is 5.73 Å². The van der Waals surface area contributed by atoms with Gasteiger partial charge in [0.1, 0.15) is 17.1 Å². The molecule has 0 saturated carbocycles. The summed E-state index contributed by atoms with van der Waals surface area (Å²) in [6.45, 7) is 3.75. The normalized spacial score (nSPS) is 20.5. The van der Waals surface area contributed by atoms with Crippen molar-refractivity contribution in [2.75, 3.05) is 80.2 Å². The molecule has 2 heterocycles. The van der Waals surface area contributed by atoms with E-state index in [4.69, 9.17) is 64.5 Å². The molecule has 13 nitrogen and oxygen atoms in total. The van der Waals surface area contributed by atoms with Crippen LogP contribution in [0.1, 0.15) is 33.6 Å². The number of carboxylic acids is 1. The van der Waals surface area contributed by atoms with Crippen LogP contribution in [0.25, 0.3) is 0 Å². The molecule has 0 aromatic heterocycles. The Balaban J connectivity index is 0.000000726. The Morgan fingerprint density at radius 2 is 1.29 bits per heavy atom. The standard InChI is InChI=1S/C15H22ClN3O3.C8H8ClNO3.C7H16N2O.I3.HI/c1-19-5-4-12(14(8-19)22-3)18-15(20)9-6-10(16)11(17)7-13(9)21-2;1-13-7-3-6(10)5(9)2-4(7)8(11)12;1-9-4-3-6(8)7(5-9)10-2;1-3-2;/h6-7,12,14H,4-5,8,17H2,1-3H3,(H,18,20);2-3H,10H2,1H3,(H,11,12);6-7H,3-5,8H2,1-2H3;;1H/q;;;-1;/t12-,14+;;6-,7+;;/m1.1../s1. The molecule has 4 rings (SSSR count). The summed E-state index contributed by atoms with van der Waals surface area (Å²) in [5.41, 5.74) is 18.0. The van der Waals surface area contributed by atoms with Crippen molar-refractivity contribution in [3.05, 3.63) is 45.4 Å². The summed E-state index contributed by atoms with van der Waals surface area (Å²) in [6, 6.07) is 5.92. The van der Waals surface area contributed by atoms with E-state index in [0.717, 1.165) is 39.0 Å². The number of carbonyl (C=O) groups excluding carboxylic acids is 1. The summed E-state index contributed by atoms with van der Waals surface area (Å²) in [5.74, 6) is -0.732. The van der Waals surface area contributed by atoms with Gasteiger partial charge in [-0.2, -0.15) is 0 Å². The summed E-state index contributed by atoms with van der Waals surface area (Å²) < 4.78 is 20.7. The number of likely N-dealkylation sites (tertiary alicyclic amines) is 2. The Kier molecular flexibility index (Phi) is 25.7. The van der Waals surface area contributed by atoms with Crippen molar-refractivity contribution in [1.29, 1.82) is 0 Å². The third-order valence-corrected chi connectivity index (χ3v) is 8.26. The van der Waals surface area contributed by atoms with E-state index in [0.29, 0.717) is 41.0 Å². The molecule has 2 aromatic rings. The Morgan fingerprint density at radius 1 is 0.857 bits per heavy atom. The maximum atomic E-state index is 12.5. The minimum atomic E-state index is -1.10. The molecular formula is C30H47Cl2I4N6O7-. The first-order valence-electron chi connectivity index (χ1n) is 14.5. The molecule has 0 spiro atoms. The van der Waals surface area contributed by atoms with E-state index in [2.05, 4.69) is 59.4 Å². The van der Waals surface area contributed by atoms with Crippen molar-refractivity contribution in [1.82, 2.24) is 15.1 Å². The second-order valence-electron chi connectivity index (χ2n) is 10.9. The molecule has 4 atom stereocenters. The number of nitrogens with zero attached hydrogens (tertiary/aromatic N) is 2. The molecule has 2 fully saturated rings. The molecule has 0 bridgehead atoms. The Bertz CT molecular complexity index is 1320. The van der Waals surface area contributed by atoms with Crippen molar-refractivity contribution in [3.63, 3.8) is 0 Å². The monoisotopic (exact) mass is 1180 g/mol. The number of anilines is 2. The number of nitrogens with one attached hydrogen (secondary N) is 1. The molecule has 1 amide bonds. The van der Waals surface area contributed by atoms with E-state index >= 15 is 0 Å². The molecule has 282 valence electrons. The van der Waals surface area contributed by atoms with Gasteiger partial charge in [-0.15, -0.1) is 24.0 Å². The van der Waals surface area contributed by atoms with Crippen LogP contribution in [0.3, 0.4) is 0 Å². The van der Waals surface area contributed by atoms with E-state index in [1.54, 1.807) is 20.3 Å². The number of nitrogen functional groups attached to an aromatic ring is 2. The molecule has 8 N–H and O–H groups in total. The van der Waals surface area contributed by atoms with Gasteiger partial charge >= 0.3 is 56.5 Å². The van der Waals surface area contributed by atoms with Crippen LogP contribution in [0.15, 0.2) is 24.3 Å². The van der Waals surface area contributed by atoms with Crippen LogP contribution >= 0.6 is 84.4 Å². The molecule has 49 heavy (non-hydrogen) atoms. The summed E-state index contributed by atoms with van der Waals surface area (Å²) in [6.07, 6.45) is 2.07.